The molecule has 2 heterocycles. The second-order valence-electron chi connectivity index (χ2n) is 8.14. The molecule has 3 amide bonds. The summed E-state index contributed by atoms with van der Waals surface area (Å²) in [4.78, 5) is 41.1. The van der Waals surface area contributed by atoms with Crippen molar-refractivity contribution in [1.82, 2.24) is 15.1 Å². The zero-order valence-corrected chi connectivity index (χ0v) is 16.8. The standard InChI is InChI=1S/C23H27N3O3/c1-25(15-18-11-12-21(27)24-18)22(28)17-8-5-13-26(14-17)23(29)20-10-4-7-16-6-2-3-9-19(16)20/h2-4,6-7,9-10,17-18H,5,8,11-15H2,1H3,(H,24,27)/t17?,18-/m0/s1. The van der Waals surface area contributed by atoms with Gasteiger partial charge < -0.3 is 15.1 Å². The lowest BCUT2D eigenvalue weighted by molar-refractivity contribution is -0.136. The van der Waals surface area contributed by atoms with E-state index >= 15 is 0 Å². The van der Waals surface area contributed by atoms with Crippen LogP contribution in [0.1, 0.15) is 36.0 Å². The zero-order chi connectivity index (χ0) is 20.4. The number of nitrogens with one attached hydrogen (secondary N) is 1. The number of hydrogen-bond donors (Lipinski definition) is 1. The van der Waals surface area contributed by atoms with Gasteiger partial charge >= 0.3 is 0 Å². The highest BCUT2D eigenvalue weighted by Crippen LogP contribution is 2.24. The van der Waals surface area contributed by atoms with Crippen molar-refractivity contribution < 1.29 is 14.4 Å². The van der Waals surface area contributed by atoms with Crippen LogP contribution in [-0.4, -0.2) is 60.2 Å². The Labute approximate surface area is 170 Å². The summed E-state index contributed by atoms with van der Waals surface area (Å²) >= 11 is 0. The van der Waals surface area contributed by atoms with Gasteiger partial charge in [0, 0.05) is 44.7 Å². The predicted octanol–water partition coefficient (Wildman–Crippen LogP) is 2.43. The Morgan fingerprint density at radius 1 is 1.14 bits per heavy atom. The van der Waals surface area contributed by atoms with Gasteiger partial charge in [0.15, 0.2) is 0 Å². The number of likely N-dealkylation sites (tertiary alicyclic amines) is 1. The highest BCUT2D eigenvalue weighted by atomic mass is 16.2. The summed E-state index contributed by atoms with van der Waals surface area (Å²) in [6.07, 6.45) is 2.91. The average Bonchev–Trinajstić information content (AvgIpc) is 3.16. The molecular weight excluding hydrogens is 366 g/mol. The second kappa shape index (κ2) is 8.23. The van der Waals surface area contributed by atoms with Crippen molar-refractivity contribution in [2.45, 2.75) is 31.7 Å². The van der Waals surface area contributed by atoms with E-state index in [4.69, 9.17) is 0 Å². The number of nitrogens with zero attached hydrogens (tertiary/aromatic N) is 2. The Morgan fingerprint density at radius 2 is 1.93 bits per heavy atom. The van der Waals surface area contributed by atoms with E-state index in [1.165, 1.54) is 0 Å². The van der Waals surface area contributed by atoms with Gasteiger partial charge in [0.05, 0.1) is 5.92 Å². The summed E-state index contributed by atoms with van der Waals surface area (Å²) < 4.78 is 0. The minimum Gasteiger partial charge on any atom is -0.352 e. The van der Waals surface area contributed by atoms with Crippen molar-refractivity contribution in [3.63, 3.8) is 0 Å². The fourth-order valence-electron chi connectivity index (χ4n) is 4.49. The first-order valence-electron chi connectivity index (χ1n) is 10.3. The number of fused-ring (bicyclic) bond motifs is 1. The lowest BCUT2D eigenvalue weighted by Gasteiger charge is -2.34. The van der Waals surface area contributed by atoms with E-state index in [0.29, 0.717) is 31.6 Å². The molecule has 0 spiro atoms. The SMILES string of the molecule is CN(C[C@@H]1CCC(=O)N1)C(=O)C1CCCN(C(=O)c2cccc3ccccc23)C1. The number of likely N-dealkylation sites (N-methyl/N-ethyl adjacent to an activating group) is 1. The first-order valence-corrected chi connectivity index (χ1v) is 10.3. The maximum absolute atomic E-state index is 13.2. The molecule has 6 nitrogen and oxygen atoms in total. The molecule has 1 N–H and O–H groups in total. The topological polar surface area (TPSA) is 69.7 Å². The van der Waals surface area contributed by atoms with Gasteiger partial charge in [-0.1, -0.05) is 36.4 Å². The third-order valence-corrected chi connectivity index (χ3v) is 6.03. The highest BCUT2D eigenvalue weighted by Gasteiger charge is 2.32. The molecule has 2 aliphatic rings. The number of piperidine rings is 1. The number of rotatable bonds is 4. The molecule has 2 aromatic rings. The summed E-state index contributed by atoms with van der Waals surface area (Å²) in [5.74, 6) is -0.0864. The van der Waals surface area contributed by atoms with Crippen LogP contribution in [0.25, 0.3) is 10.8 Å². The number of carbonyl (C=O) groups is 3. The maximum atomic E-state index is 13.2. The Hall–Kier alpha value is -2.89. The Balaban J connectivity index is 1.44. The van der Waals surface area contributed by atoms with Gasteiger partial charge in [-0.2, -0.15) is 0 Å². The predicted molar refractivity (Wildman–Crippen MR) is 111 cm³/mol. The van der Waals surface area contributed by atoms with Gasteiger partial charge in [0.2, 0.25) is 11.8 Å². The van der Waals surface area contributed by atoms with Crippen molar-refractivity contribution in [2.75, 3.05) is 26.7 Å². The molecule has 6 heteroatoms. The molecule has 2 fully saturated rings. The monoisotopic (exact) mass is 393 g/mol. The Morgan fingerprint density at radius 3 is 2.72 bits per heavy atom. The van der Waals surface area contributed by atoms with Crippen LogP contribution in [0.15, 0.2) is 42.5 Å². The summed E-state index contributed by atoms with van der Waals surface area (Å²) in [6.45, 7) is 1.65. The molecule has 0 bridgehead atoms. The molecule has 1 unspecified atom stereocenters. The molecule has 4 rings (SSSR count). The van der Waals surface area contributed by atoms with E-state index in [-0.39, 0.29) is 29.7 Å². The third-order valence-electron chi connectivity index (χ3n) is 6.03. The van der Waals surface area contributed by atoms with Gasteiger partial charge in [-0.05, 0) is 36.1 Å². The lowest BCUT2D eigenvalue weighted by atomic mass is 9.95. The molecule has 2 saturated heterocycles. The molecule has 29 heavy (non-hydrogen) atoms. The summed E-state index contributed by atoms with van der Waals surface area (Å²) in [6, 6.07) is 13.7. The summed E-state index contributed by atoms with van der Waals surface area (Å²) in [7, 11) is 1.79. The van der Waals surface area contributed by atoms with Crippen LogP contribution in [0, 0.1) is 5.92 Å². The third kappa shape index (κ3) is 4.11. The first-order chi connectivity index (χ1) is 14.0. The fourth-order valence-corrected chi connectivity index (χ4v) is 4.49. The molecule has 0 saturated carbocycles. The minimum absolute atomic E-state index is 0.00925. The normalized spacial score (nSPS) is 21.8. The smallest absolute Gasteiger partial charge is 0.254 e. The quantitative estimate of drug-likeness (QED) is 0.867. The fraction of sp³-hybridized carbons (Fsp3) is 0.435. The van der Waals surface area contributed by atoms with E-state index < -0.39 is 0 Å². The molecule has 2 atom stereocenters. The molecule has 0 radical (unpaired) electrons. The second-order valence-corrected chi connectivity index (χ2v) is 8.14. The Kier molecular flexibility index (Phi) is 5.51. The maximum Gasteiger partial charge on any atom is 0.254 e. The minimum atomic E-state index is -0.190. The average molecular weight is 393 g/mol. The van der Waals surface area contributed by atoms with Crippen molar-refractivity contribution in [2.24, 2.45) is 5.92 Å². The molecule has 2 aromatic carbocycles. The van der Waals surface area contributed by atoms with Crippen LogP contribution in [0.3, 0.4) is 0 Å². The van der Waals surface area contributed by atoms with Crippen molar-refractivity contribution in [3.8, 4) is 0 Å². The van der Waals surface area contributed by atoms with Crippen LogP contribution in [0.5, 0.6) is 0 Å². The van der Waals surface area contributed by atoms with E-state index in [1.807, 2.05) is 47.4 Å². The van der Waals surface area contributed by atoms with E-state index in [2.05, 4.69) is 5.32 Å². The van der Waals surface area contributed by atoms with Crippen LogP contribution >= 0.6 is 0 Å². The number of hydrogen-bond acceptors (Lipinski definition) is 3. The van der Waals surface area contributed by atoms with E-state index in [1.54, 1.807) is 11.9 Å². The van der Waals surface area contributed by atoms with Crippen LogP contribution in [-0.2, 0) is 9.59 Å². The van der Waals surface area contributed by atoms with Gasteiger partial charge in [-0.15, -0.1) is 0 Å². The van der Waals surface area contributed by atoms with Crippen molar-refractivity contribution in [1.29, 1.82) is 0 Å². The largest absolute Gasteiger partial charge is 0.352 e. The van der Waals surface area contributed by atoms with Crippen LogP contribution in [0.2, 0.25) is 0 Å². The van der Waals surface area contributed by atoms with Gasteiger partial charge in [-0.3, -0.25) is 14.4 Å². The van der Waals surface area contributed by atoms with Gasteiger partial charge in [0.1, 0.15) is 0 Å². The van der Waals surface area contributed by atoms with E-state index in [0.717, 1.165) is 30.0 Å². The lowest BCUT2D eigenvalue weighted by Crippen LogP contribution is -2.48. The van der Waals surface area contributed by atoms with Crippen molar-refractivity contribution >= 4 is 28.5 Å². The molecule has 0 aliphatic carbocycles. The highest BCUT2D eigenvalue weighted by molar-refractivity contribution is 6.07. The van der Waals surface area contributed by atoms with E-state index in [9.17, 15) is 14.4 Å². The zero-order valence-electron chi connectivity index (χ0n) is 16.8. The number of carbonyl (C=O) groups excluding carboxylic acids is 3. The Bertz CT molecular complexity index is 937. The van der Waals surface area contributed by atoms with Gasteiger partial charge in [0.25, 0.3) is 5.91 Å². The first kappa shape index (κ1) is 19.4. The van der Waals surface area contributed by atoms with Gasteiger partial charge in [-0.25, -0.2) is 0 Å². The summed E-state index contributed by atoms with van der Waals surface area (Å²) in [5.41, 5.74) is 0.693. The summed E-state index contributed by atoms with van der Waals surface area (Å²) in [5, 5.41) is 4.90. The molecule has 2 aliphatic heterocycles. The van der Waals surface area contributed by atoms with Crippen molar-refractivity contribution in [3.05, 3.63) is 48.0 Å². The molecule has 152 valence electrons. The molecular formula is C23H27N3O3. The number of amides is 3. The van der Waals surface area contributed by atoms with Crippen LogP contribution in [0.4, 0.5) is 0 Å². The van der Waals surface area contributed by atoms with Crippen LogP contribution < -0.4 is 5.32 Å². The molecule has 0 aromatic heterocycles. The number of benzene rings is 2.